The summed E-state index contributed by atoms with van der Waals surface area (Å²) in [6.45, 7) is 1.74. The molecule has 0 spiro atoms. The van der Waals surface area contributed by atoms with Crippen LogP contribution in [0.25, 0.3) is 0 Å². The van der Waals surface area contributed by atoms with Crippen LogP contribution in [0.15, 0.2) is 23.1 Å². The molecule has 1 fully saturated rings. The first-order valence-corrected chi connectivity index (χ1v) is 7.80. The van der Waals surface area contributed by atoms with Gasteiger partial charge in [0, 0.05) is 24.7 Å². The fraction of sp³-hybridized carbons (Fsp3) is 0.500. The maximum atomic E-state index is 12.2. The highest BCUT2D eigenvalue weighted by atomic mass is 32.2. The number of aryl methyl sites for hydroxylation is 1. The predicted octanol–water partition coefficient (Wildman–Crippen LogP) is 0.919. The molecule has 1 aliphatic carbocycles. The van der Waals surface area contributed by atoms with Crippen molar-refractivity contribution >= 4 is 15.7 Å². The zero-order chi connectivity index (χ0) is 14.9. The average Bonchev–Trinajstić information content (AvgIpc) is 3.20. The van der Waals surface area contributed by atoms with Crippen molar-refractivity contribution in [2.24, 2.45) is 11.7 Å². The van der Waals surface area contributed by atoms with Crippen LogP contribution in [0.2, 0.25) is 0 Å². The third kappa shape index (κ3) is 3.33. The smallest absolute Gasteiger partial charge is 0.270 e. The summed E-state index contributed by atoms with van der Waals surface area (Å²) in [4.78, 5) is 10.0. The largest absolute Gasteiger partial charge is 0.326 e. The van der Waals surface area contributed by atoms with Gasteiger partial charge >= 0.3 is 0 Å². The second-order valence-corrected chi connectivity index (χ2v) is 6.80. The van der Waals surface area contributed by atoms with E-state index >= 15 is 0 Å². The number of sulfonamides is 1. The molecule has 1 unspecified atom stereocenters. The van der Waals surface area contributed by atoms with Crippen LogP contribution in [0.1, 0.15) is 18.4 Å². The van der Waals surface area contributed by atoms with Gasteiger partial charge in [-0.25, -0.2) is 13.1 Å². The zero-order valence-corrected chi connectivity index (χ0v) is 11.9. The van der Waals surface area contributed by atoms with E-state index in [0.717, 1.165) is 18.9 Å². The van der Waals surface area contributed by atoms with E-state index in [0.29, 0.717) is 11.5 Å². The molecule has 0 aliphatic heterocycles. The summed E-state index contributed by atoms with van der Waals surface area (Å²) >= 11 is 0. The van der Waals surface area contributed by atoms with Crippen LogP contribution in [-0.4, -0.2) is 25.9 Å². The second-order valence-electron chi connectivity index (χ2n) is 5.06. The Hall–Kier alpha value is -1.51. The molecule has 20 heavy (non-hydrogen) atoms. The monoisotopic (exact) mass is 299 g/mol. The van der Waals surface area contributed by atoms with Crippen LogP contribution >= 0.6 is 0 Å². The van der Waals surface area contributed by atoms with E-state index in [1.165, 1.54) is 12.1 Å². The van der Waals surface area contributed by atoms with Gasteiger partial charge in [0.25, 0.3) is 5.69 Å². The van der Waals surface area contributed by atoms with Gasteiger partial charge in [0.15, 0.2) is 0 Å². The molecule has 0 amide bonds. The molecule has 3 N–H and O–H groups in total. The summed E-state index contributed by atoms with van der Waals surface area (Å²) < 4.78 is 26.8. The topological polar surface area (TPSA) is 115 Å². The fourth-order valence-electron chi connectivity index (χ4n) is 1.97. The van der Waals surface area contributed by atoms with Crippen LogP contribution in [-0.2, 0) is 10.0 Å². The number of nitro groups is 1. The number of non-ortho nitro benzene ring substituents is 1. The lowest BCUT2D eigenvalue weighted by atomic mass is 10.2. The summed E-state index contributed by atoms with van der Waals surface area (Å²) in [7, 11) is -3.78. The van der Waals surface area contributed by atoms with Crippen LogP contribution in [0.5, 0.6) is 0 Å². The molecule has 1 saturated carbocycles. The minimum absolute atomic E-state index is 0.0744. The average molecular weight is 299 g/mol. The standard InChI is InChI=1S/C12H17N3O4S/c1-8-2-5-10(15(16)17)6-12(8)20(18,19)14-7-11(13)9-3-4-9/h2,5-6,9,11,14H,3-4,7,13H2,1H3. The van der Waals surface area contributed by atoms with Gasteiger partial charge in [0.2, 0.25) is 10.0 Å². The van der Waals surface area contributed by atoms with E-state index in [1.54, 1.807) is 6.92 Å². The molecular weight excluding hydrogens is 282 g/mol. The van der Waals surface area contributed by atoms with E-state index in [2.05, 4.69) is 4.72 Å². The van der Waals surface area contributed by atoms with E-state index in [1.807, 2.05) is 0 Å². The zero-order valence-electron chi connectivity index (χ0n) is 11.1. The molecule has 0 radical (unpaired) electrons. The van der Waals surface area contributed by atoms with Gasteiger partial charge in [-0.05, 0) is 31.2 Å². The van der Waals surface area contributed by atoms with Gasteiger partial charge in [0.1, 0.15) is 0 Å². The number of nitrogens with one attached hydrogen (secondary N) is 1. The molecular formula is C12H17N3O4S. The Balaban J connectivity index is 2.19. The lowest BCUT2D eigenvalue weighted by Crippen LogP contribution is -2.38. The quantitative estimate of drug-likeness (QED) is 0.598. The van der Waals surface area contributed by atoms with Crippen LogP contribution in [0.3, 0.4) is 0 Å². The van der Waals surface area contributed by atoms with Crippen molar-refractivity contribution in [3.05, 3.63) is 33.9 Å². The number of nitrogens with two attached hydrogens (primary N) is 1. The van der Waals surface area contributed by atoms with E-state index < -0.39 is 14.9 Å². The minimum Gasteiger partial charge on any atom is -0.326 e. The molecule has 110 valence electrons. The molecule has 0 aromatic heterocycles. The Morgan fingerprint density at radius 2 is 2.15 bits per heavy atom. The summed E-state index contributed by atoms with van der Waals surface area (Å²) in [6.07, 6.45) is 2.05. The second kappa shape index (κ2) is 5.47. The fourth-order valence-corrected chi connectivity index (χ4v) is 3.30. The molecule has 2 rings (SSSR count). The molecule has 0 saturated heterocycles. The van der Waals surface area contributed by atoms with Gasteiger partial charge in [-0.15, -0.1) is 0 Å². The number of rotatable bonds is 6. The summed E-state index contributed by atoms with van der Waals surface area (Å²) in [5.74, 6) is 0.379. The van der Waals surface area contributed by atoms with E-state index in [9.17, 15) is 18.5 Å². The highest BCUT2D eigenvalue weighted by Crippen LogP contribution is 2.31. The third-order valence-electron chi connectivity index (χ3n) is 3.41. The minimum atomic E-state index is -3.78. The van der Waals surface area contributed by atoms with Crippen molar-refractivity contribution in [2.45, 2.75) is 30.7 Å². The third-order valence-corrected chi connectivity index (χ3v) is 4.97. The first-order valence-electron chi connectivity index (χ1n) is 6.31. The van der Waals surface area contributed by atoms with Gasteiger partial charge in [0.05, 0.1) is 9.82 Å². The van der Waals surface area contributed by atoms with E-state index in [4.69, 9.17) is 5.73 Å². The van der Waals surface area contributed by atoms with Crippen molar-refractivity contribution in [1.82, 2.24) is 4.72 Å². The molecule has 0 heterocycles. The van der Waals surface area contributed by atoms with Crippen molar-refractivity contribution in [3.63, 3.8) is 0 Å². The summed E-state index contributed by atoms with van der Waals surface area (Å²) in [6, 6.07) is 3.57. The Morgan fingerprint density at radius 3 is 2.70 bits per heavy atom. The van der Waals surface area contributed by atoms with Gasteiger partial charge in [-0.1, -0.05) is 6.07 Å². The Kier molecular flexibility index (Phi) is 4.07. The lowest BCUT2D eigenvalue weighted by molar-refractivity contribution is -0.385. The molecule has 8 heteroatoms. The van der Waals surface area contributed by atoms with E-state index in [-0.39, 0.29) is 23.2 Å². The van der Waals surface area contributed by atoms with Gasteiger partial charge in [-0.3, -0.25) is 10.1 Å². The van der Waals surface area contributed by atoms with Gasteiger partial charge in [-0.2, -0.15) is 0 Å². The summed E-state index contributed by atoms with van der Waals surface area (Å²) in [5.41, 5.74) is 6.06. The first kappa shape index (κ1) is 14.9. The first-order chi connectivity index (χ1) is 9.31. The molecule has 0 bridgehead atoms. The Labute approximate surface area is 117 Å². The summed E-state index contributed by atoms with van der Waals surface area (Å²) in [5, 5.41) is 10.7. The SMILES string of the molecule is Cc1ccc([N+](=O)[O-])cc1S(=O)(=O)NCC(N)C1CC1. The number of nitrogens with zero attached hydrogens (tertiary/aromatic N) is 1. The highest BCUT2D eigenvalue weighted by Gasteiger charge is 2.30. The number of hydrogen-bond acceptors (Lipinski definition) is 5. The lowest BCUT2D eigenvalue weighted by Gasteiger charge is -2.13. The molecule has 1 aromatic carbocycles. The predicted molar refractivity (Wildman–Crippen MR) is 73.7 cm³/mol. The maximum absolute atomic E-state index is 12.2. The molecule has 1 aromatic rings. The Morgan fingerprint density at radius 1 is 1.50 bits per heavy atom. The van der Waals surface area contributed by atoms with Gasteiger partial charge < -0.3 is 5.73 Å². The normalized spacial score (nSPS) is 16.9. The Bertz CT molecular complexity index is 626. The molecule has 7 nitrogen and oxygen atoms in total. The molecule has 1 atom stereocenters. The van der Waals surface area contributed by atoms with Crippen LogP contribution < -0.4 is 10.5 Å². The van der Waals surface area contributed by atoms with Crippen molar-refractivity contribution < 1.29 is 13.3 Å². The van der Waals surface area contributed by atoms with Crippen molar-refractivity contribution in [3.8, 4) is 0 Å². The van der Waals surface area contributed by atoms with Crippen LogP contribution in [0, 0.1) is 23.0 Å². The van der Waals surface area contributed by atoms with Crippen molar-refractivity contribution in [1.29, 1.82) is 0 Å². The van der Waals surface area contributed by atoms with Crippen molar-refractivity contribution in [2.75, 3.05) is 6.54 Å². The number of benzene rings is 1. The maximum Gasteiger partial charge on any atom is 0.270 e. The highest BCUT2D eigenvalue weighted by molar-refractivity contribution is 7.89. The molecule has 1 aliphatic rings. The number of nitro benzene ring substituents is 1. The number of hydrogen-bond donors (Lipinski definition) is 2. The van der Waals surface area contributed by atoms with Crippen LogP contribution in [0.4, 0.5) is 5.69 Å².